The molecule has 0 spiro atoms. The molecule has 0 aliphatic carbocycles. The molecular formula is C15H28N2S. The van der Waals surface area contributed by atoms with Crippen LogP contribution < -0.4 is 5.32 Å². The van der Waals surface area contributed by atoms with E-state index in [1.54, 1.807) is 0 Å². The second-order valence-corrected chi connectivity index (χ2v) is 6.62. The Hall–Kier alpha value is -0.380. The van der Waals surface area contributed by atoms with Crippen molar-refractivity contribution < 1.29 is 0 Å². The highest BCUT2D eigenvalue weighted by Crippen LogP contribution is 2.24. The molecule has 0 amide bonds. The third-order valence-electron chi connectivity index (χ3n) is 3.31. The summed E-state index contributed by atoms with van der Waals surface area (Å²) in [5.74, 6) is 0. The molecule has 0 saturated carbocycles. The van der Waals surface area contributed by atoms with Crippen molar-refractivity contribution in [2.75, 3.05) is 26.7 Å². The summed E-state index contributed by atoms with van der Waals surface area (Å²) >= 11 is 1.85. The van der Waals surface area contributed by atoms with Gasteiger partial charge in [0.15, 0.2) is 0 Å². The first-order valence-corrected chi connectivity index (χ1v) is 7.89. The lowest BCUT2D eigenvalue weighted by atomic mass is 9.85. The molecule has 18 heavy (non-hydrogen) atoms. The van der Waals surface area contributed by atoms with Gasteiger partial charge in [0.25, 0.3) is 0 Å². The minimum Gasteiger partial charge on any atom is -0.316 e. The molecular weight excluding hydrogens is 240 g/mol. The zero-order valence-electron chi connectivity index (χ0n) is 12.3. The average Bonchev–Trinajstić information content (AvgIpc) is 2.79. The Kier molecular flexibility index (Phi) is 6.90. The van der Waals surface area contributed by atoms with Crippen molar-refractivity contribution in [1.82, 2.24) is 10.2 Å². The van der Waals surface area contributed by atoms with E-state index < -0.39 is 0 Å². The molecule has 1 unspecified atom stereocenters. The van der Waals surface area contributed by atoms with Crippen LogP contribution in [0.1, 0.15) is 38.5 Å². The molecule has 0 radical (unpaired) electrons. The van der Waals surface area contributed by atoms with Crippen molar-refractivity contribution in [2.24, 2.45) is 5.41 Å². The van der Waals surface area contributed by atoms with Crippen LogP contribution in [-0.2, 0) is 6.54 Å². The van der Waals surface area contributed by atoms with Gasteiger partial charge in [0.1, 0.15) is 0 Å². The second-order valence-electron chi connectivity index (χ2n) is 5.59. The van der Waals surface area contributed by atoms with E-state index in [1.165, 1.54) is 17.7 Å². The molecule has 1 aromatic rings. The van der Waals surface area contributed by atoms with Gasteiger partial charge in [-0.05, 0) is 36.9 Å². The standard InChI is InChI=1S/C15H28N2S/c1-5-9-15(3,12-16-6-2)13-17(4)11-14-8-7-10-18-14/h7-8,10,16H,5-6,9,11-13H2,1-4H3. The van der Waals surface area contributed by atoms with Gasteiger partial charge < -0.3 is 10.2 Å². The van der Waals surface area contributed by atoms with E-state index in [0.717, 1.165) is 26.2 Å². The molecule has 0 fully saturated rings. The fraction of sp³-hybridized carbons (Fsp3) is 0.733. The number of hydrogen-bond acceptors (Lipinski definition) is 3. The van der Waals surface area contributed by atoms with Crippen molar-refractivity contribution >= 4 is 11.3 Å². The van der Waals surface area contributed by atoms with Gasteiger partial charge in [0.2, 0.25) is 0 Å². The number of nitrogens with one attached hydrogen (secondary N) is 1. The summed E-state index contributed by atoms with van der Waals surface area (Å²) in [5.41, 5.74) is 0.386. The van der Waals surface area contributed by atoms with Crippen molar-refractivity contribution in [3.63, 3.8) is 0 Å². The zero-order valence-corrected chi connectivity index (χ0v) is 13.1. The van der Waals surface area contributed by atoms with Gasteiger partial charge in [-0.2, -0.15) is 0 Å². The summed E-state index contributed by atoms with van der Waals surface area (Å²) < 4.78 is 0. The number of rotatable bonds is 9. The second kappa shape index (κ2) is 7.93. The molecule has 1 heterocycles. The van der Waals surface area contributed by atoms with Gasteiger partial charge in [-0.25, -0.2) is 0 Å². The molecule has 0 aliphatic rings. The fourth-order valence-electron chi connectivity index (χ4n) is 2.63. The van der Waals surface area contributed by atoms with Crippen molar-refractivity contribution in [2.45, 2.75) is 40.2 Å². The topological polar surface area (TPSA) is 15.3 Å². The summed E-state index contributed by atoms with van der Waals surface area (Å²) in [6.07, 6.45) is 2.55. The van der Waals surface area contributed by atoms with Crippen LogP contribution in [0.15, 0.2) is 17.5 Å². The molecule has 3 heteroatoms. The third-order valence-corrected chi connectivity index (χ3v) is 4.17. The summed E-state index contributed by atoms with van der Waals surface area (Å²) in [5, 5.41) is 5.67. The molecule has 0 aromatic carbocycles. The minimum absolute atomic E-state index is 0.386. The van der Waals surface area contributed by atoms with E-state index in [1.807, 2.05) is 11.3 Å². The smallest absolute Gasteiger partial charge is 0.0325 e. The van der Waals surface area contributed by atoms with Gasteiger partial charge in [-0.3, -0.25) is 0 Å². The number of nitrogens with zero attached hydrogens (tertiary/aromatic N) is 1. The minimum atomic E-state index is 0.386. The van der Waals surface area contributed by atoms with Gasteiger partial charge in [0, 0.05) is 24.5 Å². The molecule has 104 valence electrons. The van der Waals surface area contributed by atoms with Gasteiger partial charge >= 0.3 is 0 Å². The lowest BCUT2D eigenvalue weighted by molar-refractivity contribution is 0.170. The average molecular weight is 268 g/mol. The Balaban J connectivity index is 2.48. The zero-order chi connectivity index (χ0) is 13.4. The van der Waals surface area contributed by atoms with Crippen molar-refractivity contribution in [1.29, 1.82) is 0 Å². The maximum Gasteiger partial charge on any atom is 0.0325 e. The van der Waals surface area contributed by atoms with Crippen molar-refractivity contribution in [3.8, 4) is 0 Å². The lowest BCUT2D eigenvalue weighted by Gasteiger charge is -2.34. The summed E-state index contributed by atoms with van der Waals surface area (Å²) in [6.45, 7) is 11.3. The highest BCUT2D eigenvalue weighted by Gasteiger charge is 2.24. The van der Waals surface area contributed by atoms with E-state index in [-0.39, 0.29) is 0 Å². The molecule has 0 saturated heterocycles. The molecule has 1 aromatic heterocycles. The van der Waals surface area contributed by atoms with Crippen LogP contribution in [0.5, 0.6) is 0 Å². The molecule has 1 atom stereocenters. The van der Waals surface area contributed by atoms with E-state index in [9.17, 15) is 0 Å². The normalized spacial score (nSPS) is 14.9. The van der Waals surface area contributed by atoms with Crippen LogP contribution >= 0.6 is 11.3 Å². The number of hydrogen-bond donors (Lipinski definition) is 1. The van der Waals surface area contributed by atoms with E-state index in [2.05, 4.69) is 55.5 Å². The first kappa shape index (κ1) is 15.7. The summed E-state index contributed by atoms with van der Waals surface area (Å²) in [7, 11) is 2.24. The first-order valence-electron chi connectivity index (χ1n) is 7.01. The van der Waals surface area contributed by atoms with Gasteiger partial charge in [-0.1, -0.05) is 33.3 Å². The van der Waals surface area contributed by atoms with Crippen LogP contribution in [0.25, 0.3) is 0 Å². The summed E-state index contributed by atoms with van der Waals surface area (Å²) in [4.78, 5) is 3.92. The van der Waals surface area contributed by atoms with Gasteiger partial charge in [-0.15, -0.1) is 11.3 Å². The molecule has 1 N–H and O–H groups in total. The summed E-state index contributed by atoms with van der Waals surface area (Å²) in [6, 6.07) is 4.36. The predicted molar refractivity (Wildman–Crippen MR) is 82.2 cm³/mol. The Morgan fingerprint density at radius 2 is 2.17 bits per heavy atom. The SMILES string of the molecule is CCCC(C)(CNCC)CN(C)Cc1cccs1. The van der Waals surface area contributed by atoms with E-state index in [0.29, 0.717) is 5.41 Å². The third kappa shape index (κ3) is 5.51. The van der Waals surface area contributed by atoms with Crippen LogP contribution in [-0.4, -0.2) is 31.6 Å². The molecule has 1 rings (SSSR count). The fourth-order valence-corrected chi connectivity index (χ4v) is 3.41. The highest BCUT2D eigenvalue weighted by atomic mass is 32.1. The van der Waals surface area contributed by atoms with Crippen LogP contribution in [0.3, 0.4) is 0 Å². The predicted octanol–water partition coefficient (Wildman–Crippen LogP) is 3.60. The van der Waals surface area contributed by atoms with Gasteiger partial charge in [0.05, 0.1) is 0 Å². The van der Waals surface area contributed by atoms with Crippen molar-refractivity contribution in [3.05, 3.63) is 22.4 Å². The molecule has 0 aliphatic heterocycles. The van der Waals surface area contributed by atoms with Crippen LogP contribution in [0, 0.1) is 5.41 Å². The Bertz CT molecular complexity index is 310. The largest absolute Gasteiger partial charge is 0.316 e. The van der Waals surface area contributed by atoms with Crippen LogP contribution in [0.2, 0.25) is 0 Å². The quantitative estimate of drug-likeness (QED) is 0.736. The highest BCUT2D eigenvalue weighted by molar-refractivity contribution is 7.09. The maximum absolute atomic E-state index is 3.51. The Morgan fingerprint density at radius 3 is 2.72 bits per heavy atom. The maximum atomic E-state index is 3.51. The van der Waals surface area contributed by atoms with Crippen LogP contribution in [0.4, 0.5) is 0 Å². The monoisotopic (exact) mass is 268 g/mol. The number of thiophene rings is 1. The van der Waals surface area contributed by atoms with E-state index in [4.69, 9.17) is 0 Å². The van der Waals surface area contributed by atoms with E-state index >= 15 is 0 Å². The molecule has 0 bridgehead atoms. The Morgan fingerprint density at radius 1 is 1.39 bits per heavy atom. The lowest BCUT2D eigenvalue weighted by Crippen LogP contribution is -2.40. The first-order chi connectivity index (χ1) is 8.59. The Labute approximate surface area is 116 Å². The molecule has 2 nitrogen and oxygen atoms in total.